The first kappa shape index (κ1) is 26.3. The van der Waals surface area contributed by atoms with Gasteiger partial charge in [-0.1, -0.05) is 83.2 Å². The van der Waals surface area contributed by atoms with Crippen LogP contribution in [0.2, 0.25) is 0 Å². The van der Waals surface area contributed by atoms with Gasteiger partial charge in [0.2, 0.25) is 0 Å². The molecule has 0 aromatic heterocycles. The number of ketones is 1. The molecule has 2 atom stereocenters. The lowest BCUT2D eigenvalue weighted by molar-refractivity contribution is -0.117. The fourth-order valence-electron chi connectivity index (χ4n) is 6.01. The number of carbonyl (C=O) groups is 1. The molecule has 182 valence electrons. The molecule has 1 unspecified atom stereocenters. The second-order valence-corrected chi connectivity index (χ2v) is 11.2. The molecule has 34 heavy (non-hydrogen) atoms. The first-order valence-corrected chi connectivity index (χ1v) is 13.5. The maximum atomic E-state index is 11.8. The largest absolute Gasteiger partial charge is 0.300 e. The first-order valence-electron chi connectivity index (χ1n) is 13.5. The van der Waals surface area contributed by atoms with Crippen molar-refractivity contribution >= 4 is 5.78 Å². The van der Waals surface area contributed by atoms with Crippen LogP contribution in [-0.4, -0.2) is 5.78 Å². The summed E-state index contributed by atoms with van der Waals surface area (Å²) in [6, 6.07) is 15.6. The van der Waals surface area contributed by atoms with Gasteiger partial charge in [-0.15, -0.1) is 6.42 Å². The molecule has 3 rings (SSSR count). The van der Waals surface area contributed by atoms with Crippen molar-refractivity contribution in [1.82, 2.24) is 0 Å². The number of rotatable bonds is 10. The van der Waals surface area contributed by atoms with E-state index >= 15 is 0 Å². The average Bonchev–Trinajstić information content (AvgIpc) is 2.82. The maximum absolute atomic E-state index is 11.8. The topological polar surface area (TPSA) is 17.1 Å². The highest BCUT2D eigenvalue weighted by atomic mass is 16.1. The summed E-state index contributed by atoms with van der Waals surface area (Å²) in [4.78, 5) is 11.8. The summed E-state index contributed by atoms with van der Waals surface area (Å²) in [5.74, 6) is 6.21. The lowest BCUT2D eigenvalue weighted by Crippen LogP contribution is -2.23. The van der Waals surface area contributed by atoms with Crippen molar-refractivity contribution in [3.63, 3.8) is 0 Å². The van der Waals surface area contributed by atoms with Crippen LogP contribution in [0.1, 0.15) is 119 Å². The second kappa shape index (κ2) is 12.4. The van der Waals surface area contributed by atoms with Crippen LogP contribution in [0.25, 0.3) is 0 Å². The Labute approximate surface area is 208 Å². The number of benzene rings is 2. The Morgan fingerprint density at radius 2 is 1.71 bits per heavy atom. The highest BCUT2D eigenvalue weighted by Gasteiger charge is 2.30. The summed E-state index contributed by atoms with van der Waals surface area (Å²) in [6.45, 7) is 11.0. The Balaban J connectivity index is 1.99. The van der Waals surface area contributed by atoms with Crippen LogP contribution in [-0.2, 0) is 11.2 Å². The van der Waals surface area contributed by atoms with Crippen LogP contribution in [0.15, 0.2) is 42.5 Å². The van der Waals surface area contributed by atoms with Crippen molar-refractivity contribution in [3.8, 4) is 12.3 Å². The fraction of sp³-hybridized carbons (Fsp3) is 0.545. The van der Waals surface area contributed by atoms with Crippen LogP contribution in [0, 0.1) is 30.1 Å². The molecule has 2 aromatic carbocycles. The van der Waals surface area contributed by atoms with Crippen LogP contribution < -0.4 is 0 Å². The van der Waals surface area contributed by atoms with E-state index in [1.54, 1.807) is 6.92 Å². The number of carbonyl (C=O) groups excluding carboxylic acids is 1. The molecule has 1 fully saturated rings. The van der Waals surface area contributed by atoms with Crippen molar-refractivity contribution in [3.05, 3.63) is 70.3 Å². The summed E-state index contributed by atoms with van der Waals surface area (Å²) >= 11 is 0. The molecule has 1 heteroatoms. The normalized spacial score (nSPS) is 20.0. The zero-order valence-corrected chi connectivity index (χ0v) is 22.1. The third-order valence-corrected chi connectivity index (χ3v) is 8.01. The van der Waals surface area contributed by atoms with E-state index in [1.165, 1.54) is 60.8 Å². The smallest absolute Gasteiger partial charge is 0.130 e. The number of Topliss-reactive ketones (excluding diaryl/α,β-unsaturated/α-hetero) is 1. The van der Waals surface area contributed by atoms with Crippen LogP contribution in [0.5, 0.6) is 0 Å². The minimum atomic E-state index is 0.248. The van der Waals surface area contributed by atoms with Gasteiger partial charge in [0.25, 0.3) is 0 Å². The van der Waals surface area contributed by atoms with Gasteiger partial charge in [-0.3, -0.25) is 0 Å². The van der Waals surface area contributed by atoms with Gasteiger partial charge in [-0.25, -0.2) is 0 Å². The predicted octanol–water partition coefficient (Wildman–Crippen LogP) is 8.69. The SMILES string of the molecule is C#Cc1ccc(Cc2cc([C@H](C)CC(C)=O)ccc2C(CC(C)C)C2CCC(CC)CC2)cc1. The predicted molar refractivity (Wildman–Crippen MR) is 145 cm³/mol. The van der Waals surface area contributed by atoms with E-state index in [0.717, 1.165) is 23.8 Å². The molecular weight excluding hydrogens is 412 g/mol. The lowest BCUT2D eigenvalue weighted by atomic mass is 9.69. The summed E-state index contributed by atoms with van der Waals surface area (Å²) < 4.78 is 0. The zero-order chi connectivity index (χ0) is 24.7. The van der Waals surface area contributed by atoms with Crippen LogP contribution in [0.3, 0.4) is 0 Å². The molecule has 0 spiro atoms. The molecule has 0 amide bonds. The molecule has 1 saturated carbocycles. The maximum Gasteiger partial charge on any atom is 0.130 e. The van der Waals surface area contributed by atoms with E-state index in [9.17, 15) is 4.79 Å². The Kier molecular flexibility index (Phi) is 9.58. The van der Waals surface area contributed by atoms with Crippen molar-refractivity contribution < 1.29 is 4.79 Å². The van der Waals surface area contributed by atoms with E-state index in [4.69, 9.17) is 6.42 Å². The van der Waals surface area contributed by atoms with Gasteiger partial charge in [-0.05, 0) is 96.6 Å². The molecule has 0 N–H and O–H groups in total. The quantitative estimate of drug-likeness (QED) is 0.327. The van der Waals surface area contributed by atoms with Gasteiger partial charge in [0.1, 0.15) is 5.78 Å². The monoisotopic (exact) mass is 456 g/mol. The van der Waals surface area contributed by atoms with E-state index in [0.29, 0.717) is 18.3 Å². The Bertz CT molecular complexity index is 967. The lowest BCUT2D eigenvalue weighted by Gasteiger charge is -2.36. The van der Waals surface area contributed by atoms with Crippen molar-refractivity contribution in [2.24, 2.45) is 17.8 Å². The van der Waals surface area contributed by atoms with Crippen molar-refractivity contribution in [2.75, 3.05) is 0 Å². The van der Waals surface area contributed by atoms with E-state index in [1.807, 2.05) is 0 Å². The Morgan fingerprint density at radius 1 is 1.03 bits per heavy atom. The first-order chi connectivity index (χ1) is 16.3. The summed E-state index contributed by atoms with van der Waals surface area (Å²) in [5.41, 5.74) is 6.48. The molecule has 1 nitrogen and oxygen atoms in total. The van der Waals surface area contributed by atoms with Gasteiger partial charge in [0.15, 0.2) is 0 Å². The van der Waals surface area contributed by atoms with Gasteiger partial charge < -0.3 is 4.79 Å². The zero-order valence-electron chi connectivity index (χ0n) is 22.1. The molecule has 1 aliphatic rings. The van der Waals surface area contributed by atoms with Crippen LogP contribution in [0.4, 0.5) is 0 Å². The highest BCUT2D eigenvalue weighted by molar-refractivity contribution is 5.76. The van der Waals surface area contributed by atoms with Crippen LogP contribution >= 0.6 is 0 Å². The van der Waals surface area contributed by atoms with Gasteiger partial charge in [0.05, 0.1) is 0 Å². The summed E-state index contributed by atoms with van der Waals surface area (Å²) in [7, 11) is 0. The molecule has 2 aromatic rings. The van der Waals surface area contributed by atoms with E-state index in [2.05, 4.69) is 76.1 Å². The van der Waals surface area contributed by atoms with E-state index < -0.39 is 0 Å². The van der Waals surface area contributed by atoms with Crippen molar-refractivity contribution in [2.45, 2.75) is 97.8 Å². The standard InChI is InChI=1S/C33H44O/c1-7-26-9-11-28(12-10-26)21-31-22-30(24(5)20-25(6)34)17-18-32(31)33(19-23(3)4)29-15-13-27(8-2)14-16-29/h1,9-12,17-18,22-24,27,29,33H,8,13-16,19-21H2,2-6H3/t24-,27?,29?,33?/m1/s1. The number of hydrogen-bond acceptors (Lipinski definition) is 1. The molecular formula is C33H44O. The minimum absolute atomic E-state index is 0.248. The third kappa shape index (κ3) is 7.09. The fourth-order valence-corrected chi connectivity index (χ4v) is 6.01. The van der Waals surface area contributed by atoms with E-state index in [-0.39, 0.29) is 11.7 Å². The van der Waals surface area contributed by atoms with Crippen molar-refractivity contribution in [1.29, 1.82) is 0 Å². The Hall–Kier alpha value is -2.33. The van der Waals surface area contributed by atoms with Gasteiger partial charge >= 0.3 is 0 Å². The average molecular weight is 457 g/mol. The summed E-state index contributed by atoms with van der Waals surface area (Å²) in [6.07, 6.45) is 15.1. The molecule has 0 radical (unpaired) electrons. The second-order valence-electron chi connectivity index (χ2n) is 11.2. The molecule has 0 heterocycles. The number of terminal acetylenes is 1. The highest BCUT2D eigenvalue weighted by Crippen LogP contribution is 2.44. The molecule has 0 bridgehead atoms. The minimum Gasteiger partial charge on any atom is -0.300 e. The molecule has 0 saturated heterocycles. The summed E-state index contributed by atoms with van der Waals surface area (Å²) in [5, 5.41) is 0. The van der Waals surface area contributed by atoms with Gasteiger partial charge in [-0.2, -0.15) is 0 Å². The molecule has 0 aliphatic heterocycles. The Morgan fingerprint density at radius 3 is 2.26 bits per heavy atom. The van der Waals surface area contributed by atoms with Gasteiger partial charge in [0, 0.05) is 12.0 Å². The number of hydrogen-bond donors (Lipinski definition) is 0. The molecule has 1 aliphatic carbocycles. The third-order valence-electron chi connectivity index (χ3n) is 8.01.